The summed E-state index contributed by atoms with van der Waals surface area (Å²) in [6.45, 7) is 0. The molecule has 2 aromatic carbocycles. The summed E-state index contributed by atoms with van der Waals surface area (Å²) in [5, 5.41) is 3.33. The number of amides is 1. The number of carbonyl (C=O) groups excluding carboxylic acids is 1. The first-order valence-corrected chi connectivity index (χ1v) is 7.20. The van der Waals surface area contributed by atoms with E-state index in [2.05, 4.69) is 21.2 Å². The molecule has 1 N–H and O–H groups in total. The monoisotopic (exact) mass is 369 g/mol. The molecule has 0 saturated carbocycles. The summed E-state index contributed by atoms with van der Waals surface area (Å²) in [4.78, 5) is 12.4. The zero-order valence-corrected chi connectivity index (χ0v) is 13.8. The summed E-state index contributed by atoms with van der Waals surface area (Å²) < 4.78 is 11.1. The van der Waals surface area contributed by atoms with Crippen molar-refractivity contribution in [3.05, 3.63) is 51.5 Å². The van der Waals surface area contributed by atoms with Gasteiger partial charge in [0.2, 0.25) is 0 Å². The minimum absolute atomic E-state index is 0.294. The van der Waals surface area contributed by atoms with Crippen molar-refractivity contribution in [2.24, 2.45) is 0 Å². The Balaban J connectivity index is 2.30. The van der Waals surface area contributed by atoms with Gasteiger partial charge in [-0.05, 0) is 46.3 Å². The van der Waals surface area contributed by atoms with Gasteiger partial charge >= 0.3 is 0 Å². The molecule has 4 nitrogen and oxygen atoms in total. The quantitative estimate of drug-likeness (QED) is 0.869. The number of anilines is 1. The summed E-state index contributed by atoms with van der Waals surface area (Å²) in [5.74, 6) is 0.759. The van der Waals surface area contributed by atoms with E-state index in [1.165, 1.54) is 7.11 Å². The Kier molecular flexibility index (Phi) is 5.09. The van der Waals surface area contributed by atoms with E-state index >= 15 is 0 Å². The summed E-state index contributed by atoms with van der Waals surface area (Å²) in [5.41, 5.74) is 0.996. The summed E-state index contributed by atoms with van der Waals surface area (Å²) in [6.07, 6.45) is 0. The molecule has 2 rings (SSSR count). The third-order valence-electron chi connectivity index (χ3n) is 2.83. The first kappa shape index (κ1) is 15.7. The van der Waals surface area contributed by atoms with Crippen LogP contribution in [0.2, 0.25) is 5.02 Å². The number of ether oxygens (including phenoxy) is 2. The molecule has 2 aromatic rings. The maximum Gasteiger partial charge on any atom is 0.259 e. The van der Waals surface area contributed by atoms with E-state index in [0.29, 0.717) is 27.8 Å². The molecule has 0 bridgehead atoms. The van der Waals surface area contributed by atoms with Crippen LogP contribution in [0, 0.1) is 0 Å². The van der Waals surface area contributed by atoms with E-state index in [4.69, 9.17) is 21.1 Å². The van der Waals surface area contributed by atoms with E-state index in [1.54, 1.807) is 43.5 Å². The van der Waals surface area contributed by atoms with Crippen molar-refractivity contribution < 1.29 is 14.3 Å². The molecule has 0 heterocycles. The van der Waals surface area contributed by atoms with Crippen molar-refractivity contribution in [3.8, 4) is 11.5 Å². The van der Waals surface area contributed by atoms with Crippen LogP contribution in [-0.2, 0) is 0 Å². The van der Waals surface area contributed by atoms with Crippen LogP contribution in [0.3, 0.4) is 0 Å². The van der Waals surface area contributed by atoms with Crippen molar-refractivity contribution in [3.63, 3.8) is 0 Å². The van der Waals surface area contributed by atoms with Crippen molar-refractivity contribution in [1.82, 2.24) is 0 Å². The van der Waals surface area contributed by atoms with Gasteiger partial charge in [0.05, 0.1) is 25.5 Å². The van der Waals surface area contributed by atoms with Gasteiger partial charge in [-0.3, -0.25) is 4.79 Å². The van der Waals surface area contributed by atoms with Gasteiger partial charge < -0.3 is 14.8 Å². The molecule has 1 amide bonds. The Morgan fingerprint density at radius 3 is 2.57 bits per heavy atom. The second-order valence-electron chi connectivity index (χ2n) is 4.14. The van der Waals surface area contributed by atoms with Gasteiger partial charge in [-0.25, -0.2) is 0 Å². The van der Waals surface area contributed by atoms with E-state index in [9.17, 15) is 4.79 Å². The molecule has 110 valence electrons. The summed E-state index contributed by atoms with van der Waals surface area (Å²) in [7, 11) is 3.05. The van der Waals surface area contributed by atoms with Crippen molar-refractivity contribution in [2.75, 3.05) is 19.5 Å². The fraction of sp³-hybridized carbons (Fsp3) is 0.133. The van der Waals surface area contributed by atoms with Crippen molar-refractivity contribution in [1.29, 1.82) is 0 Å². The molecule has 21 heavy (non-hydrogen) atoms. The fourth-order valence-corrected chi connectivity index (χ4v) is 2.29. The second-order valence-corrected chi connectivity index (χ2v) is 5.44. The lowest BCUT2D eigenvalue weighted by Crippen LogP contribution is -2.13. The number of hydrogen-bond acceptors (Lipinski definition) is 3. The minimum atomic E-state index is -0.294. The van der Waals surface area contributed by atoms with E-state index in [1.807, 2.05) is 0 Å². The van der Waals surface area contributed by atoms with Gasteiger partial charge in [-0.2, -0.15) is 0 Å². The summed E-state index contributed by atoms with van der Waals surface area (Å²) in [6, 6.07) is 10.2. The first-order valence-electron chi connectivity index (χ1n) is 6.03. The summed E-state index contributed by atoms with van der Waals surface area (Å²) >= 11 is 9.30. The molecule has 0 atom stereocenters. The molecule has 0 unspecified atom stereocenters. The topological polar surface area (TPSA) is 47.6 Å². The Bertz CT molecular complexity index is 676. The second kappa shape index (κ2) is 6.83. The van der Waals surface area contributed by atoms with Gasteiger partial charge in [0, 0.05) is 15.6 Å². The van der Waals surface area contributed by atoms with Crippen LogP contribution in [0.15, 0.2) is 40.9 Å². The molecule has 0 aliphatic heterocycles. The lowest BCUT2D eigenvalue weighted by Gasteiger charge is -2.12. The highest BCUT2D eigenvalue weighted by Crippen LogP contribution is 2.29. The number of rotatable bonds is 4. The maximum absolute atomic E-state index is 12.4. The van der Waals surface area contributed by atoms with Crippen LogP contribution >= 0.6 is 27.5 Å². The normalized spacial score (nSPS) is 10.1. The number of nitrogens with one attached hydrogen (secondary N) is 1. The highest BCUT2D eigenvalue weighted by molar-refractivity contribution is 9.10. The Hall–Kier alpha value is -1.72. The third kappa shape index (κ3) is 3.68. The van der Waals surface area contributed by atoms with Crippen LogP contribution in [0.5, 0.6) is 11.5 Å². The van der Waals surface area contributed by atoms with Crippen LogP contribution in [-0.4, -0.2) is 20.1 Å². The average molecular weight is 371 g/mol. The molecule has 0 aromatic heterocycles. The van der Waals surface area contributed by atoms with Gasteiger partial charge in [0.25, 0.3) is 5.91 Å². The molecule has 0 spiro atoms. The SMILES string of the molecule is COc1ccc(C(=O)Nc2cc(Cl)ccc2Br)c(OC)c1. The number of carbonyl (C=O) groups is 1. The van der Waals surface area contributed by atoms with Crippen LogP contribution in [0.25, 0.3) is 0 Å². The number of halogens is 2. The van der Waals surface area contributed by atoms with Crippen LogP contribution in [0.1, 0.15) is 10.4 Å². The third-order valence-corrected chi connectivity index (χ3v) is 3.76. The number of methoxy groups -OCH3 is 2. The average Bonchev–Trinajstić information content (AvgIpc) is 2.50. The zero-order chi connectivity index (χ0) is 15.4. The van der Waals surface area contributed by atoms with E-state index in [0.717, 1.165) is 4.47 Å². The largest absolute Gasteiger partial charge is 0.497 e. The first-order chi connectivity index (χ1) is 10.0. The predicted molar refractivity (Wildman–Crippen MR) is 86.7 cm³/mol. The molecule has 0 aliphatic rings. The van der Waals surface area contributed by atoms with E-state index in [-0.39, 0.29) is 5.91 Å². The Labute approximate surface area is 136 Å². The standard InChI is InChI=1S/C15H13BrClNO3/c1-20-10-4-5-11(14(8-10)21-2)15(19)18-13-7-9(17)3-6-12(13)16/h3-8H,1-2H3,(H,18,19). The van der Waals surface area contributed by atoms with Gasteiger partial charge in [0.15, 0.2) is 0 Å². The molecule has 0 fully saturated rings. The zero-order valence-electron chi connectivity index (χ0n) is 11.4. The lowest BCUT2D eigenvalue weighted by atomic mass is 10.1. The molecule has 0 aliphatic carbocycles. The van der Waals surface area contributed by atoms with Crippen LogP contribution < -0.4 is 14.8 Å². The molecule has 6 heteroatoms. The van der Waals surface area contributed by atoms with Crippen molar-refractivity contribution in [2.45, 2.75) is 0 Å². The van der Waals surface area contributed by atoms with Crippen molar-refractivity contribution >= 4 is 39.1 Å². The molecular weight excluding hydrogens is 358 g/mol. The Morgan fingerprint density at radius 2 is 1.90 bits per heavy atom. The van der Waals surface area contributed by atoms with Gasteiger partial charge in [-0.15, -0.1) is 0 Å². The maximum atomic E-state index is 12.4. The number of hydrogen-bond donors (Lipinski definition) is 1. The highest BCUT2D eigenvalue weighted by Gasteiger charge is 2.14. The van der Waals surface area contributed by atoms with Crippen LogP contribution in [0.4, 0.5) is 5.69 Å². The fourth-order valence-electron chi connectivity index (χ4n) is 1.77. The van der Waals surface area contributed by atoms with E-state index < -0.39 is 0 Å². The minimum Gasteiger partial charge on any atom is -0.497 e. The smallest absolute Gasteiger partial charge is 0.259 e. The highest BCUT2D eigenvalue weighted by atomic mass is 79.9. The molecular formula is C15H13BrClNO3. The van der Waals surface area contributed by atoms with Gasteiger partial charge in [0.1, 0.15) is 11.5 Å². The number of benzene rings is 2. The molecule has 0 saturated heterocycles. The van der Waals surface area contributed by atoms with Gasteiger partial charge in [-0.1, -0.05) is 11.6 Å². The predicted octanol–water partition coefficient (Wildman–Crippen LogP) is 4.37. The Morgan fingerprint density at radius 1 is 1.14 bits per heavy atom. The lowest BCUT2D eigenvalue weighted by molar-refractivity contribution is 0.102. The molecule has 0 radical (unpaired) electrons.